The molecule has 7 heteroatoms. The van der Waals surface area contributed by atoms with Gasteiger partial charge in [-0.2, -0.15) is 0 Å². The van der Waals surface area contributed by atoms with Crippen LogP contribution in [-0.4, -0.2) is 75.1 Å². The van der Waals surface area contributed by atoms with E-state index in [-0.39, 0.29) is 17.6 Å². The van der Waals surface area contributed by atoms with Crippen LogP contribution in [0.5, 0.6) is 0 Å². The molecule has 0 amide bonds. The minimum Gasteiger partial charge on any atom is -0.394 e. The second-order valence-corrected chi connectivity index (χ2v) is 8.39. The number of hydrogen-bond donors (Lipinski definition) is 5. The highest BCUT2D eigenvalue weighted by molar-refractivity contribution is 5.24. The molecule has 152 valence electrons. The molecule has 0 aromatic rings. The van der Waals surface area contributed by atoms with Gasteiger partial charge in [0.15, 0.2) is 6.29 Å². The number of aliphatic hydroxyl groups excluding tert-OH is 5. The van der Waals surface area contributed by atoms with Crippen molar-refractivity contribution in [1.29, 1.82) is 0 Å². The predicted molar refractivity (Wildman–Crippen MR) is 95.3 cm³/mol. The van der Waals surface area contributed by atoms with Crippen molar-refractivity contribution in [2.75, 3.05) is 6.61 Å². The SMILES string of the molecule is CC1=C(CCC(C)O)C(C)(C)C[C@H](O[C@@H]2O[C@H](CO)[C@@H](O)[C@@H](O)[C@H]2O)C1. The summed E-state index contributed by atoms with van der Waals surface area (Å²) in [6.45, 7) is 7.65. The summed E-state index contributed by atoms with van der Waals surface area (Å²) in [6.07, 6.45) is -3.86. The van der Waals surface area contributed by atoms with E-state index < -0.39 is 37.3 Å². The zero-order valence-electron chi connectivity index (χ0n) is 16.1. The minimum absolute atomic E-state index is 0.115. The van der Waals surface area contributed by atoms with Gasteiger partial charge in [-0.3, -0.25) is 0 Å². The number of allylic oxidation sites excluding steroid dienone is 1. The molecule has 0 spiro atoms. The zero-order valence-corrected chi connectivity index (χ0v) is 16.1. The molecule has 26 heavy (non-hydrogen) atoms. The van der Waals surface area contributed by atoms with Crippen molar-refractivity contribution >= 4 is 0 Å². The summed E-state index contributed by atoms with van der Waals surface area (Å²) in [4.78, 5) is 0. The van der Waals surface area contributed by atoms with Crippen LogP contribution in [0.2, 0.25) is 0 Å². The Kier molecular flexibility index (Phi) is 7.23. The largest absolute Gasteiger partial charge is 0.394 e. The molecular weight excluding hydrogens is 340 g/mol. The van der Waals surface area contributed by atoms with E-state index in [1.54, 1.807) is 6.92 Å². The van der Waals surface area contributed by atoms with E-state index in [9.17, 15) is 25.5 Å². The summed E-state index contributed by atoms with van der Waals surface area (Å²) in [6, 6.07) is 0. The first-order chi connectivity index (χ1) is 12.1. The fourth-order valence-corrected chi connectivity index (χ4v) is 4.18. The Labute approximate surface area is 155 Å². The van der Waals surface area contributed by atoms with Gasteiger partial charge in [-0.15, -0.1) is 0 Å². The van der Waals surface area contributed by atoms with Crippen LogP contribution in [0.3, 0.4) is 0 Å². The van der Waals surface area contributed by atoms with E-state index in [0.717, 1.165) is 6.42 Å². The first-order valence-electron chi connectivity index (χ1n) is 9.40. The van der Waals surface area contributed by atoms with Crippen molar-refractivity contribution < 1.29 is 35.0 Å². The molecule has 0 aromatic carbocycles. The third-order valence-corrected chi connectivity index (χ3v) is 5.59. The zero-order chi connectivity index (χ0) is 19.6. The van der Waals surface area contributed by atoms with Crippen LogP contribution in [0.4, 0.5) is 0 Å². The van der Waals surface area contributed by atoms with Gasteiger partial charge in [-0.1, -0.05) is 25.0 Å². The lowest BCUT2D eigenvalue weighted by Crippen LogP contribution is -2.59. The molecule has 0 bridgehead atoms. The van der Waals surface area contributed by atoms with Gasteiger partial charge in [0.25, 0.3) is 0 Å². The van der Waals surface area contributed by atoms with Crippen molar-refractivity contribution in [2.24, 2.45) is 5.41 Å². The first kappa shape index (κ1) is 21.8. The maximum absolute atomic E-state index is 10.2. The second-order valence-electron chi connectivity index (χ2n) is 8.39. The lowest BCUT2D eigenvalue weighted by Gasteiger charge is -2.44. The van der Waals surface area contributed by atoms with E-state index in [4.69, 9.17) is 9.47 Å². The van der Waals surface area contributed by atoms with Crippen molar-refractivity contribution in [3.63, 3.8) is 0 Å². The van der Waals surface area contributed by atoms with Crippen molar-refractivity contribution in [1.82, 2.24) is 0 Å². The molecule has 0 radical (unpaired) electrons. The van der Waals surface area contributed by atoms with Crippen molar-refractivity contribution in [3.05, 3.63) is 11.1 Å². The molecule has 5 N–H and O–H groups in total. The Morgan fingerprint density at radius 1 is 1.19 bits per heavy atom. The van der Waals surface area contributed by atoms with Crippen LogP contribution in [0, 0.1) is 5.41 Å². The molecular formula is C19H34O7. The van der Waals surface area contributed by atoms with Crippen molar-refractivity contribution in [3.8, 4) is 0 Å². The standard InChI is InChI=1S/C19H34O7/c1-10-7-12(8-19(3,4)13(10)6-5-11(2)21)25-18-17(24)16(23)15(22)14(9-20)26-18/h11-12,14-18,20-24H,5-9H2,1-4H3/t11?,12-,14-,15-,16-,17-,18-/m1/s1. The molecule has 1 saturated heterocycles. The molecule has 1 aliphatic heterocycles. The summed E-state index contributed by atoms with van der Waals surface area (Å²) in [5.74, 6) is 0. The maximum Gasteiger partial charge on any atom is 0.186 e. The van der Waals surface area contributed by atoms with Gasteiger partial charge >= 0.3 is 0 Å². The summed E-state index contributed by atoms with van der Waals surface area (Å²) in [5.41, 5.74) is 2.42. The summed E-state index contributed by atoms with van der Waals surface area (Å²) >= 11 is 0. The van der Waals surface area contributed by atoms with E-state index in [1.165, 1.54) is 11.1 Å². The summed E-state index contributed by atoms with van der Waals surface area (Å²) in [5, 5.41) is 48.8. The van der Waals surface area contributed by atoms with Gasteiger partial charge in [0.05, 0.1) is 18.8 Å². The highest BCUT2D eigenvalue weighted by Crippen LogP contribution is 2.44. The maximum atomic E-state index is 10.2. The summed E-state index contributed by atoms with van der Waals surface area (Å²) < 4.78 is 11.4. The molecule has 2 aliphatic rings. The quantitative estimate of drug-likeness (QED) is 0.429. The van der Waals surface area contributed by atoms with Gasteiger partial charge in [-0.25, -0.2) is 0 Å². The smallest absolute Gasteiger partial charge is 0.186 e. The lowest BCUT2D eigenvalue weighted by molar-refractivity contribution is -0.313. The highest BCUT2D eigenvalue weighted by Gasteiger charge is 2.45. The molecule has 2 rings (SSSR count). The van der Waals surface area contributed by atoms with Gasteiger partial charge < -0.3 is 35.0 Å². The van der Waals surface area contributed by atoms with Gasteiger partial charge in [0.2, 0.25) is 0 Å². The van der Waals surface area contributed by atoms with Crippen LogP contribution < -0.4 is 0 Å². The van der Waals surface area contributed by atoms with E-state index in [1.807, 2.05) is 0 Å². The first-order valence-corrected chi connectivity index (χ1v) is 9.40. The lowest BCUT2D eigenvalue weighted by atomic mass is 9.70. The van der Waals surface area contributed by atoms with E-state index in [0.29, 0.717) is 19.3 Å². The van der Waals surface area contributed by atoms with Crippen LogP contribution in [0.25, 0.3) is 0 Å². The fraction of sp³-hybridized carbons (Fsp3) is 0.895. The van der Waals surface area contributed by atoms with E-state index >= 15 is 0 Å². The molecule has 7 nitrogen and oxygen atoms in total. The average Bonchev–Trinajstić information content (AvgIpc) is 2.53. The second kappa shape index (κ2) is 8.65. The Bertz CT molecular complexity index is 500. The van der Waals surface area contributed by atoms with Gasteiger partial charge in [0, 0.05) is 0 Å². The topological polar surface area (TPSA) is 120 Å². The number of ether oxygens (including phenoxy) is 2. The molecule has 0 aromatic heterocycles. The van der Waals surface area contributed by atoms with Crippen LogP contribution >= 0.6 is 0 Å². The Hall–Kier alpha value is -0.540. The minimum atomic E-state index is -1.43. The molecule has 1 aliphatic carbocycles. The van der Waals surface area contributed by atoms with Crippen LogP contribution in [0.1, 0.15) is 53.4 Å². The average molecular weight is 374 g/mol. The molecule has 0 saturated carbocycles. The van der Waals surface area contributed by atoms with Crippen molar-refractivity contribution in [2.45, 2.75) is 96.3 Å². The molecule has 1 fully saturated rings. The molecule has 7 atom stereocenters. The third-order valence-electron chi connectivity index (χ3n) is 5.59. The summed E-state index contributed by atoms with van der Waals surface area (Å²) in [7, 11) is 0. The normalized spacial score (nSPS) is 39.1. The van der Waals surface area contributed by atoms with Crippen LogP contribution in [0.15, 0.2) is 11.1 Å². The predicted octanol–water partition coefficient (Wildman–Crippen LogP) is 0.469. The number of hydrogen-bond acceptors (Lipinski definition) is 7. The number of rotatable bonds is 6. The Morgan fingerprint density at radius 2 is 1.85 bits per heavy atom. The Morgan fingerprint density at radius 3 is 2.38 bits per heavy atom. The van der Waals surface area contributed by atoms with Crippen LogP contribution in [-0.2, 0) is 9.47 Å². The monoisotopic (exact) mass is 374 g/mol. The van der Waals surface area contributed by atoms with Gasteiger partial charge in [0.1, 0.15) is 24.4 Å². The number of aliphatic hydroxyl groups is 5. The van der Waals surface area contributed by atoms with E-state index in [2.05, 4.69) is 20.8 Å². The fourth-order valence-electron chi connectivity index (χ4n) is 4.18. The molecule has 1 heterocycles. The Balaban J connectivity index is 2.07. The third kappa shape index (κ3) is 4.84. The highest BCUT2D eigenvalue weighted by atomic mass is 16.7. The molecule has 1 unspecified atom stereocenters. The van der Waals surface area contributed by atoms with Gasteiger partial charge in [-0.05, 0) is 44.9 Å².